The van der Waals surface area contributed by atoms with Crippen molar-refractivity contribution in [2.24, 2.45) is 5.73 Å². The van der Waals surface area contributed by atoms with Crippen molar-refractivity contribution in [3.63, 3.8) is 0 Å². The van der Waals surface area contributed by atoms with E-state index in [1.54, 1.807) is 32.0 Å². The van der Waals surface area contributed by atoms with Gasteiger partial charge in [0.1, 0.15) is 0 Å². The molecule has 0 saturated heterocycles. The molecule has 0 aliphatic heterocycles. The molecule has 38 heavy (non-hydrogen) atoms. The first-order valence-electron chi connectivity index (χ1n) is 12.3. The van der Waals surface area contributed by atoms with Gasteiger partial charge in [-0.05, 0) is 83.8 Å². The van der Waals surface area contributed by atoms with Crippen LogP contribution in [0, 0.1) is 0 Å². The van der Waals surface area contributed by atoms with Crippen molar-refractivity contribution in [2.75, 3.05) is 5.32 Å². The van der Waals surface area contributed by atoms with Gasteiger partial charge in [-0.25, -0.2) is 17.9 Å². The summed E-state index contributed by atoms with van der Waals surface area (Å²) < 4.78 is 28.8. The molecule has 3 aromatic rings. The van der Waals surface area contributed by atoms with E-state index in [1.165, 1.54) is 12.1 Å². The number of sulfonamides is 1. The molecule has 0 atom stereocenters. The number of carbonyl (C=O) groups excluding carboxylic acids is 2. The number of amides is 3. The van der Waals surface area contributed by atoms with Crippen molar-refractivity contribution < 1.29 is 23.1 Å². The fraction of sp³-hybridized carbons (Fsp3) is 0.310. The molecule has 202 valence electrons. The Kier molecular flexibility index (Phi) is 8.33. The highest BCUT2D eigenvalue weighted by Gasteiger charge is 2.26. The van der Waals surface area contributed by atoms with Gasteiger partial charge >= 0.3 is 6.03 Å². The van der Waals surface area contributed by atoms with E-state index in [1.807, 2.05) is 58.0 Å². The molecule has 0 fully saturated rings. The Morgan fingerprint density at radius 2 is 1.42 bits per heavy atom. The number of primary amides is 1. The van der Waals surface area contributed by atoms with Crippen molar-refractivity contribution >= 4 is 27.6 Å². The van der Waals surface area contributed by atoms with Crippen molar-refractivity contribution in [3.8, 4) is 11.1 Å². The lowest BCUT2D eigenvalue weighted by Crippen LogP contribution is -2.35. The number of nitrogens with two attached hydrogens (primary N) is 1. The molecule has 0 saturated carbocycles. The van der Waals surface area contributed by atoms with E-state index in [0.717, 1.165) is 5.56 Å². The van der Waals surface area contributed by atoms with Gasteiger partial charge in [0.15, 0.2) is 0 Å². The normalized spacial score (nSPS) is 12.0. The number of rotatable bonds is 8. The molecule has 0 aliphatic rings. The van der Waals surface area contributed by atoms with Gasteiger partial charge in [-0.3, -0.25) is 4.79 Å². The first-order chi connectivity index (χ1) is 17.6. The number of hydrogen-bond acceptors (Lipinski definition) is 5. The standard InChI is InChI=1S/C29H35N3O5S/c1-17(2)24-14-21(27(30)33)15-25(18(3)4)26(24)31-28(34)32-38(36,37)23-13-20(19-10-8-7-9-11-19)12-22(16-23)29(5,6)35/h7-18,35H,1-6H3,(H2,30,33)(H2,31,32,34). The quantitative estimate of drug-likeness (QED) is 0.303. The summed E-state index contributed by atoms with van der Waals surface area (Å²) in [6, 6.07) is 16.0. The zero-order chi connectivity index (χ0) is 28.4. The maximum atomic E-state index is 13.4. The minimum atomic E-state index is -4.33. The lowest BCUT2D eigenvalue weighted by Gasteiger charge is -2.22. The third kappa shape index (κ3) is 6.59. The topological polar surface area (TPSA) is 139 Å². The van der Waals surface area contributed by atoms with Gasteiger partial charge in [-0.15, -0.1) is 0 Å². The lowest BCUT2D eigenvalue weighted by molar-refractivity contribution is 0.0784. The second-order valence-electron chi connectivity index (χ2n) is 10.4. The van der Waals surface area contributed by atoms with E-state index >= 15 is 0 Å². The first-order valence-corrected chi connectivity index (χ1v) is 13.8. The second-order valence-corrected chi connectivity index (χ2v) is 12.1. The molecular formula is C29H35N3O5S. The zero-order valence-corrected chi connectivity index (χ0v) is 23.3. The fourth-order valence-electron chi connectivity index (χ4n) is 4.11. The van der Waals surface area contributed by atoms with E-state index in [2.05, 4.69) is 10.0 Å². The third-order valence-corrected chi connectivity index (χ3v) is 7.53. The molecule has 8 nitrogen and oxygen atoms in total. The number of urea groups is 1. The molecule has 9 heteroatoms. The van der Waals surface area contributed by atoms with Gasteiger partial charge in [0, 0.05) is 11.3 Å². The molecular weight excluding hydrogens is 502 g/mol. The molecule has 0 radical (unpaired) electrons. The van der Waals surface area contributed by atoms with Crippen LogP contribution in [0.5, 0.6) is 0 Å². The van der Waals surface area contributed by atoms with E-state index in [0.29, 0.717) is 33.5 Å². The van der Waals surface area contributed by atoms with Gasteiger partial charge < -0.3 is 16.2 Å². The fourth-order valence-corrected chi connectivity index (χ4v) is 5.09. The van der Waals surface area contributed by atoms with Gasteiger partial charge in [0.25, 0.3) is 10.0 Å². The summed E-state index contributed by atoms with van der Waals surface area (Å²) in [6.07, 6.45) is 0. The summed E-state index contributed by atoms with van der Waals surface area (Å²) in [4.78, 5) is 24.8. The average molecular weight is 538 g/mol. The molecule has 5 N–H and O–H groups in total. The van der Waals surface area contributed by atoms with Crippen LogP contribution in [0.4, 0.5) is 10.5 Å². The summed E-state index contributed by atoms with van der Waals surface area (Å²) in [5, 5.41) is 13.3. The molecule has 3 amide bonds. The predicted molar refractivity (Wildman–Crippen MR) is 150 cm³/mol. The van der Waals surface area contributed by atoms with Crippen molar-refractivity contribution in [3.05, 3.63) is 82.9 Å². The number of carbonyl (C=O) groups is 2. The van der Waals surface area contributed by atoms with Crippen molar-refractivity contribution in [1.82, 2.24) is 4.72 Å². The van der Waals surface area contributed by atoms with Crippen LogP contribution < -0.4 is 15.8 Å². The van der Waals surface area contributed by atoms with Crippen molar-refractivity contribution in [1.29, 1.82) is 0 Å². The Hall–Kier alpha value is -3.69. The monoisotopic (exact) mass is 537 g/mol. The molecule has 0 bridgehead atoms. The maximum Gasteiger partial charge on any atom is 0.333 e. The van der Waals surface area contributed by atoms with Crippen LogP contribution in [-0.4, -0.2) is 25.5 Å². The second kappa shape index (κ2) is 11.0. The lowest BCUT2D eigenvalue weighted by atomic mass is 9.90. The van der Waals surface area contributed by atoms with Crippen LogP contribution in [0.15, 0.2) is 65.6 Å². The van der Waals surface area contributed by atoms with Crippen LogP contribution in [-0.2, 0) is 15.6 Å². The molecule has 0 spiro atoms. The number of benzene rings is 3. The van der Waals surface area contributed by atoms with E-state index in [9.17, 15) is 23.1 Å². The maximum absolute atomic E-state index is 13.4. The van der Waals surface area contributed by atoms with E-state index < -0.39 is 27.6 Å². The van der Waals surface area contributed by atoms with Crippen LogP contribution in [0.1, 0.15) is 80.4 Å². The van der Waals surface area contributed by atoms with Crippen LogP contribution in [0.2, 0.25) is 0 Å². The minimum Gasteiger partial charge on any atom is -0.386 e. The smallest absolute Gasteiger partial charge is 0.333 e. The summed E-state index contributed by atoms with van der Waals surface area (Å²) in [5.41, 5.74) is 7.98. The molecule has 0 heterocycles. The Morgan fingerprint density at radius 3 is 1.89 bits per heavy atom. The minimum absolute atomic E-state index is 0.0874. The number of nitrogens with one attached hydrogen (secondary N) is 2. The Balaban J connectivity index is 2.02. The Labute approximate surface area is 224 Å². The molecule has 0 unspecified atom stereocenters. The largest absolute Gasteiger partial charge is 0.386 e. The summed E-state index contributed by atoms with van der Waals surface area (Å²) in [6.45, 7) is 10.7. The predicted octanol–water partition coefficient (Wildman–Crippen LogP) is 5.44. The molecule has 0 aliphatic carbocycles. The molecule has 3 rings (SSSR count). The van der Waals surface area contributed by atoms with Crippen LogP contribution in [0.25, 0.3) is 11.1 Å². The van der Waals surface area contributed by atoms with E-state index in [4.69, 9.17) is 5.73 Å². The third-order valence-electron chi connectivity index (χ3n) is 6.22. The van der Waals surface area contributed by atoms with E-state index in [-0.39, 0.29) is 16.7 Å². The van der Waals surface area contributed by atoms with Crippen LogP contribution in [0.3, 0.4) is 0 Å². The van der Waals surface area contributed by atoms with Crippen molar-refractivity contribution in [2.45, 2.75) is 63.9 Å². The summed E-state index contributed by atoms with van der Waals surface area (Å²) in [5.74, 6) is -0.764. The zero-order valence-electron chi connectivity index (χ0n) is 22.5. The van der Waals surface area contributed by atoms with Gasteiger partial charge in [-0.1, -0.05) is 58.0 Å². The van der Waals surface area contributed by atoms with Gasteiger partial charge in [0.2, 0.25) is 5.91 Å². The average Bonchev–Trinajstić information content (AvgIpc) is 2.83. The highest BCUT2D eigenvalue weighted by Crippen LogP contribution is 2.34. The van der Waals surface area contributed by atoms with Gasteiger partial charge in [-0.2, -0.15) is 0 Å². The number of aliphatic hydroxyl groups is 1. The SMILES string of the molecule is CC(C)c1cc(C(N)=O)cc(C(C)C)c1NC(=O)NS(=O)(=O)c1cc(-c2ccccc2)cc(C(C)(C)O)c1. The highest BCUT2D eigenvalue weighted by molar-refractivity contribution is 7.90. The highest BCUT2D eigenvalue weighted by atomic mass is 32.2. The Morgan fingerprint density at radius 1 is 0.868 bits per heavy atom. The number of anilines is 1. The first kappa shape index (κ1) is 28.9. The number of hydrogen-bond donors (Lipinski definition) is 4. The van der Waals surface area contributed by atoms with Crippen LogP contribution >= 0.6 is 0 Å². The molecule has 3 aromatic carbocycles. The Bertz CT molecular complexity index is 1430. The summed E-state index contributed by atoms with van der Waals surface area (Å²) in [7, 11) is -4.33. The van der Waals surface area contributed by atoms with Gasteiger partial charge in [0.05, 0.1) is 10.5 Å². The molecule has 0 aromatic heterocycles. The summed E-state index contributed by atoms with van der Waals surface area (Å²) >= 11 is 0.